The molecule has 0 aliphatic rings. The van der Waals surface area contributed by atoms with Gasteiger partial charge in [0.15, 0.2) is 5.96 Å². The number of nitrogens with zero attached hydrogens (tertiary/aromatic N) is 2. The van der Waals surface area contributed by atoms with Crippen LogP contribution in [0.3, 0.4) is 0 Å². The molecule has 2 aromatic rings. The van der Waals surface area contributed by atoms with E-state index in [9.17, 15) is 8.78 Å². The molecule has 1 heterocycles. The number of hydrogen-bond acceptors (Lipinski definition) is 3. The Morgan fingerprint density at radius 2 is 2.14 bits per heavy atom. The fourth-order valence-corrected chi connectivity index (χ4v) is 3.00. The summed E-state index contributed by atoms with van der Waals surface area (Å²) in [7, 11) is 0. The van der Waals surface area contributed by atoms with Crippen molar-refractivity contribution in [2.75, 3.05) is 5.32 Å². The molecule has 0 aliphatic heterocycles. The number of thiazole rings is 1. The van der Waals surface area contributed by atoms with Crippen LogP contribution in [0.4, 0.5) is 14.5 Å². The van der Waals surface area contributed by atoms with Crippen molar-refractivity contribution in [3.8, 4) is 0 Å². The normalized spacial score (nSPS) is 12.0. The maximum absolute atomic E-state index is 13.5. The number of nitrogens with two attached hydrogens (primary N) is 1. The van der Waals surface area contributed by atoms with E-state index >= 15 is 0 Å². The molecule has 0 bridgehead atoms. The molecule has 0 unspecified atom stereocenters. The lowest BCUT2D eigenvalue weighted by atomic mass is 10.1. The Bertz CT molecular complexity index is 695. The molecule has 0 saturated carbocycles. The van der Waals surface area contributed by atoms with Crippen molar-refractivity contribution in [2.45, 2.75) is 33.2 Å². The molecule has 0 aliphatic carbocycles. The SMILES string of the molecule is Cc1sc(CN=C(N)Nc2cc(F)ccc2F)nc1C(C)C. The summed E-state index contributed by atoms with van der Waals surface area (Å²) < 4.78 is 26.6. The zero-order chi connectivity index (χ0) is 16.3. The number of guanidine groups is 1. The number of anilines is 1. The van der Waals surface area contributed by atoms with Gasteiger partial charge in [-0.15, -0.1) is 11.3 Å². The van der Waals surface area contributed by atoms with E-state index in [0.29, 0.717) is 12.5 Å². The van der Waals surface area contributed by atoms with Gasteiger partial charge in [-0.05, 0) is 25.0 Å². The number of aryl methyl sites for hydroxylation is 1. The minimum absolute atomic E-state index is 0.0171. The van der Waals surface area contributed by atoms with Crippen LogP contribution in [0, 0.1) is 18.6 Å². The Kier molecular flexibility index (Phi) is 5.07. The van der Waals surface area contributed by atoms with Crippen LogP contribution in [0.15, 0.2) is 23.2 Å². The van der Waals surface area contributed by atoms with E-state index in [1.807, 2.05) is 6.92 Å². The van der Waals surface area contributed by atoms with E-state index in [1.54, 1.807) is 11.3 Å². The van der Waals surface area contributed by atoms with Gasteiger partial charge in [0.05, 0.1) is 17.9 Å². The van der Waals surface area contributed by atoms with E-state index in [0.717, 1.165) is 33.8 Å². The Morgan fingerprint density at radius 1 is 1.41 bits per heavy atom. The molecule has 0 saturated heterocycles. The maximum atomic E-state index is 13.5. The van der Waals surface area contributed by atoms with Crippen molar-refractivity contribution in [2.24, 2.45) is 10.7 Å². The molecule has 3 N–H and O–H groups in total. The number of nitrogens with one attached hydrogen (secondary N) is 1. The highest BCUT2D eigenvalue weighted by molar-refractivity contribution is 7.11. The van der Waals surface area contributed by atoms with E-state index in [1.165, 1.54) is 0 Å². The van der Waals surface area contributed by atoms with Crippen molar-refractivity contribution in [1.82, 2.24) is 4.98 Å². The summed E-state index contributed by atoms with van der Waals surface area (Å²) in [5.41, 5.74) is 6.72. The molecule has 0 amide bonds. The summed E-state index contributed by atoms with van der Waals surface area (Å²) in [6.45, 7) is 6.48. The van der Waals surface area contributed by atoms with Gasteiger partial charge >= 0.3 is 0 Å². The second-order valence-electron chi connectivity index (χ2n) is 5.15. The largest absolute Gasteiger partial charge is 0.370 e. The summed E-state index contributed by atoms with van der Waals surface area (Å²) in [6.07, 6.45) is 0. The average molecular weight is 324 g/mol. The van der Waals surface area contributed by atoms with Crippen LogP contribution in [0.2, 0.25) is 0 Å². The minimum Gasteiger partial charge on any atom is -0.370 e. The van der Waals surface area contributed by atoms with Gasteiger partial charge in [-0.1, -0.05) is 13.8 Å². The summed E-state index contributed by atoms with van der Waals surface area (Å²) >= 11 is 1.56. The second kappa shape index (κ2) is 6.83. The number of benzene rings is 1. The van der Waals surface area contributed by atoms with Crippen LogP contribution in [-0.4, -0.2) is 10.9 Å². The minimum atomic E-state index is -0.591. The molecule has 0 radical (unpaired) electrons. The second-order valence-corrected chi connectivity index (χ2v) is 6.44. The Balaban J connectivity index is 2.06. The van der Waals surface area contributed by atoms with Gasteiger partial charge in [-0.3, -0.25) is 0 Å². The fraction of sp³-hybridized carbons (Fsp3) is 0.333. The molecule has 7 heteroatoms. The number of aliphatic imine (C=N–C) groups is 1. The number of hydrogen-bond donors (Lipinski definition) is 2. The quantitative estimate of drug-likeness (QED) is 0.664. The van der Waals surface area contributed by atoms with Crippen LogP contribution in [0.5, 0.6) is 0 Å². The summed E-state index contributed by atoms with van der Waals surface area (Å²) in [6, 6.07) is 3.10. The molecule has 0 spiro atoms. The lowest BCUT2D eigenvalue weighted by Gasteiger charge is -2.06. The topological polar surface area (TPSA) is 63.3 Å². The van der Waals surface area contributed by atoms with Gasteiger partial charge in [0.1, 0.15) is 16.6 Å². The smallest absolute Gasteiger partial charge is 0.193 e. The maximum Gasteiger partial charge on any atom is 0.193 e. The molecule has 1 aromatic carbocycles. The van der Waals surface area contributed by atoms with Crippen LogP contribution in [0.25, 0.3) is 0 Å². The molecule has 1 aromatic heterocycles. The van der Waals surface area contributed by atoms with Crippen molar-refractivity contribution in [1.29, 1.82) is 0 Å². The molecular formula is C15H18F2N4S. The zero-order valence-corrected chi connectivity index (χ0v) is 13.5. The Hall–Kier alpha value is -2.02. The van der Waals surface area contributed by atoms with Crippen LogP contribution in [0.1, 0.15) is 35.3 Å². The predicted octanol–water partition coefficient (Wildman–Crippen LogP) is 3.78. The van der Waals surface area contributed by atoms with Gasteiger partial charge in [0.2, 0.25) is 0 Å². The van der Waals surface area contributed by atoms with Crippen molar-refractivity contribution in [3.05, 3.63) is 45.4 Å². The van der Waals surface area contributed by atoms with Crippen LogP contribution >= 0.6 is 11.3 Å². The summed E-state index contributed by atoms with van der Waals surface area (Å²) in [4.78, 5) is 9.79. The third kappa shape index (κ3) is 4.00. The first-order valence-electron chi connectivity index (χ1n) is 6.85. The molecule has 0 fully saturated rings. The average Bonchev–Trinajstić information content (AvgIpc) is 2.82. The standard InChI is InChI=1S/C15H18F2N4S/c1-8(2)14-9(3)22-13(21-14)7-19-15(18)20-12-6-10(16)4-5-11(12)17/h4-6,8H,7H2,1-3H3,(H3,18,19,20). The van der Waals surface area contributed by atoms with Crippen LogP contribution < -0.4 is 11.1 Å². The number of aromatic nitrogens is 1. The van der Waals surface area contributed by atoms with Gasteiger partial charge in [-0.25, -0.2) is 18.8 Å². The van der Waals surface area contributed by atoms with Crippen molar-refractivity contribution < 1.29 is 8.78 Å². The lowest BCUT2D eigenvalue weighted by Crippen LogP contribution is -2.23. The molecule has 4 nitrogen and oxygen atoms in total. The van der Waals surface area contributed by atoms with E-state index in [-0.39, 0.29) is 11.6 Å². The van der Waals surface area contributed by atoms with Crippen molar-refractivity contribution in [3.63, 3.8) is 0 Å². The van der Waals surface area contributed by atoms with Gasteiger partial charge in [0.25, 0.3) is 0 Å². The van der Waals surface area contributed by atoms with Crippen molar-refractivity contribution >= 4 is 23.0 Å². The van der Waals surface area contributed by atoms with E-state index < -0.39 is 11.6 Å². The molecule has 2 rings (SSSR count). The molecule has 0 atom stereocenters. The summed E-state index contributed by atoms with van der Waals surface area (Å²) in [5.74, 6) is -0.769. The third-order valence-corrected chi connectivity index (χ3v) is 3.97. The summed E-state index contributed by atoms with van der Waals surface area (Å²) in [5, 5.41) is 3.39. The van der Waals surface area contributed by atoms with Gasteiger partial charge in [-0.2, -0.15) is 0 Å². The Morgan fingerprint density at radius 3 is 2.77 bits per heavy atom. The third-order valence-electron chi connectivity index (χ3n) is 3.00. The van der Waals surface area contributed by atoms with Gasteiger partial charge < -0.3 is 11.1 Å². The first-order valence-corrected chi connectivity index (χ1v) is 7.66. The fourth-order valence-electron chi connectivity index (χ4n) is 1.99. The van der Waals surface area contributed by atoms with E-state index in [2.05, 4.69) is 29.1 Å². The first kappa shape index (κ1) is 16.4. The zero-order valence-electron chi connectivity index (χ0n) is 12.7. The van der Waals surface area contributed by atoms with Crippen LogP contribution in [-0.2, 0) is 6.54 Å². The van der Waals surface area contributed by atoms with Gasteiger partial charge in [0, 0.05) is 10.9 Å². The monoisotopic (exact) mass is 324 g/mol. The molecule has 118 valence electrons. The highest BCUT2D eigenvalue weighted by atomic mass is 32.1. The highest BCUT2D eigenvalue weighted by Crippen LogP contribution is 2.24. The highest BCUT2D eigenvalue weighted by Gasteiger charge is 2.10. The number of rotatable bonds is 4. The first-order chi connectivity index (χ1) is 10.4. The predicted molar refractivity (Wildman–Crippen MR) is 86.2 cm³/mol. The lowest BCUT2D eigenvalue weighted by molar-refractivity contribution is 0.604. The molecular weight excluding hydrogens is 306 g/mol. The number of halogens is 2. The molecule has 22 heavy (non-hydrogen) atoms. The van der Waals surface area contributed by atoms with E-state index in [4.69, 9.17) is 5.73 Å². The Labute approximate surface area is 132 Å².